The van der Waals surface area contributed by atoms with Gasteiger partial charge in [-0.3, -0.25) is 0 Å². The predicted octanol–water partition coefficient (Wildman–Crippen LogP) is 1.73. The topological polar surface area (TPSA) is 29.5 Å². The first-order valence-electron chi connectivity index (χ1n) is 4.31. The van der Waals surface area contributed by atoms with Crippen LogP contribution in [-0.4, -0.2) is 30.6 Å². The molecule has 0 aromatic carbocycles. The molecule has 5 heteroatoms. The van der Waals surface area contributed by atoms with Crippen LogP contribution >= 0.6 is 0 Å². The highest BCUT2D eigenvalue weighted by atomic mass is 19.4. The van der Waals surface area contributed by atoms with E-state index in [4.69, 9.17) is 4.74 Å². The molecule has 0 bridgehead atoms. The van der Waals surface area contributed by atoms with E-state index in [9.17, 15) is 18.3 Å². The van der Waals surface area contributed by atoms with Gasteiger partial charge in [0.2, 0.25) is 0 Å². The molecule has 1 fully saturated rings. The van der Waals surface area contributed by atoms with Crippen LogP contribution in [0, 0.1) is 5.92 Å². The molecule has 1 N–H and O–H groups in total. The molecule has 1 rings (SSSR count). The van der Waals surface area contributed by atoms with E-state index in [2.05, 4.69) is 0 Å². The molecule has 0 radical (unpaired) electrons. The van der Waals surface area contributed by atoms with Gasteiger partial charge in [-0.25, -0.2) is 0 Å². The summed E-state index contributed by atoms with van der Waals surface area (Å²) in [5.74, 6) is -0.254. The lowest BCUT2D eigenvalue weighted by Crippen LogP contribution is -2.31. The van der Waals surface area contributed by atoms with Crippen molar-refractivity contribution < 1.29 is 23.0 Å². The van der Waals surface area contributed by atoms with Gasteiger partial charge in [-0.15, -0.1) is 0 Å². The van der Waals surface area contributed by atoms with Crippen LogP contribution in [0.1, 0.15) is 19.3 Å². The van der Waals surface area contributed by atoms with Crippen LogP contribution in [0.25, 0.3) is 0 Å². The van der Waals surface area contributed by atoms with Gasteiger partial charge < -0.3 is 9.84 Å². The molecule has 0 aromatic rings. The lowest BCUT2D eigenvalue weighted by atomic mass is 9.92. The standard InChI is InChI=1S/C8H13F3O2/c9-8(10,11)5-7(12)6-1-3-13-4-2-6/h6-7,12H,1-5H2. The Kier molecular flexibility index (Phi) is 3.55. The minimum Gasteiger partial charge on any atom is -0.392 e. The van der Waals surface area contributed by atoms with Crippen molar-refractivity contribution in [3.8, 4) is 0 Å². The summed E-state index contributed by atoms with van der Waals surface area (Å²) >= 11 is 0. The number of aliphatic hydroxyl groups excluding tert-OH is 1. The van der Waals surface area contributed by atoms with E-state index < -0.39 is 18.7 Å². The number of halogens is 3. The third kappa shape index (κ3) is 3.95. The Balaban J connectivity index is 2.33. The van der Waals surface area contributed by atoms with Crippen LogP contribution < -0.4 is 0 Å². The molecule has 0 amide bonds. The van der Waals surface area contributed by atoms with Crippen molar-refractivity contribution in [1.29, 1.82) is 0 Å². The van der Waals surface area contributed by atoms with Crippen molar-refractivity contribution >= 4 is 0 Å². The van der Waals surface area contributed by atoms with E-state index in [-0.39, 0.29) is 5.92 Å². The van der Waals surface area contributed by atoms with E-state index >= 15 is 0 Å². The molecule has 0 spiro atoms. The number of hydrogen-bond donors (Lipinski definition) is 1. The molecule has 1 aliphatic heterocycles. The summed E-state index contributed by atoms with van der Waals surface area (Å²) in [7, 11) is 0. The maximum absolute atomic E-state index is 11.9. The van der Waals surface area contributed by atoms with Crippen LogP contribution in [0.3, 0.4) is 0 Å². The predicted molar refractivity (Wildman–Crippen MR) is 40.2 cm³/mol. The van der Waals surface area contributed by atoms with E-state index in [1.165, 1.54) is 0 Å². The first kappa shape index (κ1) is 10.8. The summed E-state index contributed by atoms with van der Waals surface area (Å²) in [6, 6.07) is 0. The second kappa shape index (κ2) is 4.28. The Labute approximate surface area is 74.7 Å². The molecule has 0 aliphatic carbocycles. The first-order chi connectivity index (χ1) is 5.99. The van der Waals surface area contributed by atoms with E-state index in [1.807, 2.05) is 0 Å². The van der Waals surface area contributed by atoms with Gasteiger partial charge in [0.1, 0.15) is 0 Å². The van der Waals surface area contributed by atoms with Gasteiger partial charge in [-0.05, 0) is 18.8 Å². The summed E-state index contributed by atoms with van der Waals surface area (Å²) in [4.78, 5) is 0. The third-order valence-electron chi connectivity index (χ3n) is 2.25. The molecule has 1 aliphatic rings. The van der Waals surface area contributed by atoms with Gasteiger partial charge >= 0.3 is 6.18 Å². The molecule has 1 unspecified atom stereocenters. The summed E-state index contributed by atoms with van der Waals surface area (Å²) in [6.45, 7) is 0.916. The van der Waals surface area contributed by atoms with Crippen LogP contribution in [0.4, 0.5) is 13.2 Å². The average Bonchev–Trinajstić information content (AvgIpc) is 2.03. The lowest BCUT2D eigenvalue weighted by molar-refractivity contribution is -0.162. The number of rotatable bonds is 2. The molecule has 13 heavy (non-hydrogen) atoms. The van der Waals surface area contributed by atoms with Crippen molar-refractivity contribution in [2.75, 3.05) is 13.2 Å². The third-order valence-corrected chi connectivity index (χ3v) is 2.25. The Morgan fingerprint density at radius 1 is 1.31 bits per heavy atom. The largest absolute Gasteiger partial charge is 0.392 e. The van der Waals surface area contributed by atoms with Gasteiger partial charge in [0, 0.05) is 13.2 Å². The molecule has 0 saturated carbocycles. The summed E-state index contributed by atoms with van der Waals surface area (Å²) in [6.07, 6.45) is -5.58. The van der Waals surface area contributed by atoms with E-state index in [0.29, 0.717) is 26.1 Å². The Morgan fingerprint density at radius 2 is 1.85 bits per heavy atom. The highest BCUT2D eigenvalue weighted by Gasteiger charge is 2.35. The maximum atomic E-state index is 11.9. The fraction of sp³-hybridized carbons (Fsp3) is 1.00. The van der Waals surface area contributed by atoms with Crippen LogP contribution in [0.15, 0.2) is 0 Å². The molecular weight excluding hydrogens is 185 g/mol. The molecule has 0 aromatic heterocycles. The molecule has 78 valence electrons. The average molecular weight is 198 g/mol. The molecule has 2 nitrogen and oxygen atoms in total. The van der Waals surface area contributed by atoms with Crippen LogP contribution in [0.5, 0.6) is 0 Å². The van der Waals surface area contributed by atoms with Gasteiger partial charge in [0.05, 0.1) is 12.5 Å². The molecule has 1 saturated heterocycles. The maximum Gasteiger partial charge on any atom is 0.391 e. The minimum absolute atomic E-state index is 0.254. The van der Waals surface area contributed by atoms with Crippen LogP contribution in [0.2, 0.25) is 0 Å². The number of hydrogen-bond acceptors (Lipinski definition) is 2. The highest BCUT2D eigenvalue weighted by molar-refractivity contribution is 4.74. The first-order valence-corrected chi connectivity index (χ1v) is 4.31. The lowest BCUT2D eigenvalue weighted by Gasteiger charge is -2.27. The number of ether oxygens (including phenoxy) is 1. The highest BCUT2D eigenvalue weighted by Crippen LogP contribution is 2.28. The molecule has 1 heterocycles. The SMILES string of the molecule is OC(CC(F)(F)F)C1CCOCC1. The number of aliphatic hydroxyl groups is 1. The summed E-state index contributed by atoms with van der Waals surface area (Å²) in [5.41, 5.74) is 0. The van der Waals surface area contributed by atoms with Crippen molar-refractivity contribution in [3.05, 3.63) is 0 Å². The Hall–Kier alpha value is -0.290. The Morgan fingerprint density at radius 3 is 2.31 bits per heavy atom. The zero-order chi connectivity index (χ0) is 9.90. The van der Waals surface area contributed by atoms with Crippen molar-refractivity contribution in [2.24, 2.45) is 5.92 Å². The fourth-order valence-corrected chi connectivity index (χ4v) is 1.50. The zero-order valence-corrected chi connectivity index (χ0v) is 7.18. The second-order valence-electron chi connectivity index (χ2n) is 3.34. The van der Waals surface area contributed by atoms with Gasteiger partial charge in [0.25, 0.3) is 0 Å². The zero-order valence-electron chi connectivity index (χ0n) is 7.18. The molecular formula is C8H13F3O2. The fourth-order valence-electron chi connectivity index (χ4n) is 1.50. The minimum atomic E-state index is -4.27. The van der Waals surface area contributed by atoms with Gasteiger partial charge in [0.15, 0.2) is 0 Å². The van der Waals surface area contributed by atoms with E-state index in [1.54, 1.807) is 0 Å². The monoisotopic (exact) mass is 198 g/mol. The van der Waals surface area contributed by atoms with Crippen molar-refractivity contribution in [2.45, 2.75) is 31.5 Å². The Bertz CT molecular complexity index is 152. The second-order valence-corrected chi connectivity index (χ2v) is 3.34. The van der Waals surface area contributed by atoms with Gasteiger partial charge in [-0.2, -0.15) is 13.2 Å². The van der Waals surface area contributed by atoms with Crippen molar-refractivity contribution in [3.63, 3.8) is 0 Å². The number of alkyl halides is 3. The molecule has 1 atom stereocenters. The summed E-state index contributed by atoms with van der Waals surface area (Å²) < 4.78 is 40.6. The summed E-state index contributed by atoms with van der Waals surface area (Å²) in [5, 5.41) is 9.23. The van der Waals surface area contributed by atoms with Crippen LogP contribution in [-0.2, 0) is 4.74 Å². The normalized spacial score (nSPS) is 23.1. The quantitative estimate of drug-likeness (QED) is 0.732. The van der Waals surface area contributed by atoms with E-state index in [0.717, 1.165) is 0 Å². The van der Waals surface area contributed by atoms with Crippen molar-refractivity contribution in [1.82, 2.24) is 0 Å². The smallest absolute Gasteiger partial charge is 0.391 e. The van der Waals surface area contributed by atoms with Gasteiger partial charge in [-0.1, -0.05) is 0 Å².